The van der Waals surface area contributed by atoms with Gasteiger partial charge in [-0.3, -0.25) is 0 Å². The van der Waals surface area contributed by atoms with Gasteiger partial charge in [0.05, 0.1) is 6.26 Å². The number of furan rings is 1. The number of rotatable bonds is 0. The lowest BCUT2D eigenvalue weighted by Crippen LogP contribution is -1.91. The fourth-order valence-corrected chi connectivity index (χ4v) is 0.648. The quantitative estimate of drug-likeness (QED) is 0.581. The van der Waals surface area contributed by atoms with Crippen molar-refractivity contribution in [2.45, 2.75) is 0 Å². The molecular formula is C6H5ClO3. The monoisotopic (exact) mass is 160 g/mol. The van der Waals surface area contributed by atoms with Crippen molar-refractivity contribution in [1.82, 2.24) is 0 Å². The van der Waals surface area contributed by atoms with Crippen LogP contribution in [0.4, 0.5) is 0 Å². The van der Waals surface area contributed by atoms with Gasteiger partial charge in [-0.15, -0.1) is 12.4 Å². The summed E-state index contributed by atoms with van der Waals surface area (Å²) in [5.41, 5.74) is 0. The molecule has 3 nitrogen and oxygen atoms in total. The number of hydrogen-bond donors (Lipinski definition) is 0. The van der Waals surface area contributed by atoms with Gasteiger partial charge in [0.1, 0.15) is 12.5 Å². The van der Waals surface area contributed by atoms with Crippen LogP contribution in [0.1, 0.15) is 0 Å². The third-order valence-corrected chi connectivity index (χ3v) is 1.02. The van der Waals surface area contributed by atoms with E-state index < -0.39 is 0 Å². The van der Waals surface area contributed by atoms with Crippen molar-refractivity contribution in [1.29, 1.82) is 0 Å². The summed E-state index contributed by atoms with van der Waals surface area (Å²) < 4.78 is 14.7. The van der Waals surface area contributed by atoms with E-state index in [0.717, 1.165) is 0 Å². The van der Waals surface area contributed by atoms with Crippen molar-refractivity contribution in [3.05, 3.63) is 24.9 Å². The maximum atomic E-state index is 4.96. The Labute approximate surface area is 63.6 Å². The van der Waals surface area contributed by atoms with Crippen LogP contribution in [0, 0.1) is 0 Å². The van der Waals surface area contributed by atoms with Gasteiger partial charge < -0.3 is 13.9 Å². The molecule has 54 valence electrons. The minimum Gasteiger partial charge on any atom is -0.454 e. The first-order chi connectivity index (χ1) is 4.47. The minimum atomic E-state index is 0. The molecule has 0 radical (unpaired) electrons. The Morgan fingerprint density at radius 3 is 2.70 bits per heavy atom. The Morgan fingerprint density at radius 1 is 1.10 bits per heavy atom. The van der Waals surface area contributed by atoms with Crippen LogP contribution in [0.25, 0.3) is 0 Å². The molecule has 0 saturated heterocycles. The molecule has 1 aliphatic rings. The first-order valence-electron chi connectivity index (χ1n) is 2.52. The highest BCUT2D eigenvalue weighted by Crippen LogP contribution is 2.30. The van der Waals surface area contributed by atoms with Gasteiger partial charge in [-0.1, -0.05) is 0 Å². The van der Waals surface area contributed by atoms with Crippen molar-refractivity contribution < 1.29 is 13.9 Å². The molecule has 2 heterocycles. The SMILES string of the molecule is C1=COc2occc2O1.Cl. The number of ether oxygens (including phenoxy) is 2. The topological polar surface area (TPSA) is 31.6 Å². The molecule has 1 aliphatic heterocycles. The van der Waals surface area contributed by atoms with E-state index in [1.165, 1.54) is 18.8 Å². The normalized spacial score (nSPS) is 12.4. The Kier molecular flexibility index (Phi) is 1.87. The highest BCUT2D eigenvalue weighted by atomic mass is 35.5. The van der Waals surface area contributed by atoms with Gasteiger partial charge in [0, 0.05) is 6.07 Å². The van der Waals surface area contributed by atoms with Crippen LogP contribution in [-0.4, -0.2) is 0 Å². The lowest BCUT2D eigenvalue weighted by molar-refractivity contribution is 0.288. The zero-order valence-electron chi connectivity index (χ0n) is 4.94. The van der Waals surface area contributed by atoms with Crippen LogP contribution in [0.3, 0.4) is 0 Å². The van der Waals surface area contributed by atoms with Gasteiger partial charge in [0.2, 0.25) is 5.75 Å². The van der Waals surface area contributed by atoms with Crippen molar-refractivity contribution >= 4 is 12.4 Å². The number of hydrogen-bond acceptors (Lipinski definition) is 3. The van der Waals surface area contributed by atoms with Crippen LogP contribution in [0.15, 0.2) is 29.3 Å². The molecule has 0 saturated carbocycles. The first kappa shape index (κ1) is 7.02. The van der Waals surface area contributed by atoms with E-state index >= 15 is 0 Å². The average molecular weight is 161 g/mol. The summed E-state index contributed by atoms with van der Waals surface area (Å²) in [6.45, 7) is 0. The van der Waals surface area contributed by atoms with Crippen LogP contribution >= 0.6 is 12.4 Å². The second-order valence-corrected chi connectivity index (χ2v) is 1.58. The van der Waals surface area contributed by atoms with E-state index in [2.05, 4.69) is 0 Å². The standard InChI is InChI=1S/C6H4O3.ClH/c1-2-8-6-5(1)7-3-4-9-6;/h1-4H;1H. The highest BCUT2D eigenvalue weighted by Gasteiger charge is 2.09. The molecule has 0 N–H and O–H groups in total. The Bertz CT molecular complexity index is 218. The third kappa shape index (κ3) is 0.953. The van der Waals surface area contributed by atoms with E-state index in [-0.39, 0.29) is 12.4 Å². The molecule has 4 heteroatoms. The molecule has 0 aromatic carbocycles. The molecule has 1 aromatic rings. The zero-order valence-corrected chi connectivity index (χ0v) is 5.76. The van der Waals surface area contributed by atoms with Gasteiger partial charge in [-0.05, 0) is 0 Å². The Hall–Kier alpha value is -1.09. The second-order valence-electron chi connectivity index (χ2n) is 1.58. The van der Waals surface area contributed by atoms with Crippen LogP contribution in [0.5, 0.6) is 11.7 Å². The number of halogens is 1. The summed E-state index contributed by atoms with van der Waals surface area (Å²) in [5.74, 6) is 1.04. The summed E-state index contributed by atoms with van der Waals surface area (Å²) in [4.78, 5) is 0. The van der Waals surface area contributed by atoms with Gasteiger partial charge in [-0.25, -0.2) is 0 Å². The molecule has 0 atom stereocenters. The first-order valence-corrected chi connectivity index (χ1v) is 2.52. The Morgan fingerprint density at radius 2 is 1.90 bits per heavy atom. The summed E-state index contributed by atoms with van der Waals surface area (Å²) in [7, 11) is 0. The molecule has 10 heavy (non-hydrogen) atoms. The maximum Gasteiger partial charge on any atom is 0.334 e. The molecule has 0 fully saturated rings. The van der Waals surface area contributed by atoms with Crippen molar-refractivity contribution in [2.75, 3.05) is 0 Å². The van der Waals surface area contributed by atoms with Gasteiger partial charge in [0.15, 0.2) is 0 Å². The average Bonchev–Trinajstić information content (AvgIpc) is 2.33. The molecule has 1 aromatic heterocycles. The van der Waals surface area contributed by atoms with E-state index in [4.69, 9.17) is 13.9 Å². The molecular weight excluding hydrogens is 156 g/mol. The molecule has 0 aliphatic carbocycles. The molecule has 2 rings (SSSR count). The highest BCUT2D eigenvalue weighted by molar-refractivity contribution is 5.85. The Balaban J connectivity index is 0.000000500. The number of fused-ring (bicyclic) bond motifs is 1. The van der Waals surface area contributed by atoms with Crippen LogP contribution < -0.4 is 9.47 Å². The fraction of sp³-hybridized carbons (Fsp3) is 0. The van der Waals surface area contributed by atoms with Gasteiger partial charge in [0.25, 0.3) is 0 Å². The van der Waals surface area contributed by atoms with Crippen LogP contribution in [-0.2, 0) is 0 Å². The lowest BCUT2D eigenvalue weighted by atomic mass is 10.6. The largest absolute Gasteiger partial charge is 0.454 e. The van der Waals surface area contributed by atoms with Gasteiger partial charge in [-0.2, -0.15) is 0 Å². The van der Waals surface area contributed by atoms with E-state index in [1.54, 1.807) is 6.07 Å². The molecule has 0 bridgehead atoms. The van der Waals surface area contributed by atoms with E-state index in [1.807, 2.05) is 0 Å². The summed E-state index contributed by atoms with van der Waals surface area (Å²) in [6.07, 6.45) is 4.39. The van der Waals surface area contributed by atoms with Crippen molar-refractivity contribution in [3.8, 4) is 11.7 Å². The van der Waals surface area contributed by atoms with Gasteiger partial charge >= 0.3 is 5.95 Å². The fourth-order valence-electron chi connectivity index (χ4n) is 0.648. The van der Waals surface area contributed by atoms with Crippen LogP contribution in [0.2, 0.25) is 0 Å². The van der Waals surface area contributed by atoms with E-state index in [9.17, 15) is 0 Å². The maximum absolute atomic E-state index is 4.96. The summed E-state index contributed by atoms with van der Waals surface area (Å²) in [6, 6.07) is 1.69. The second kappa shape index (κ2) is 2.66. The molecule has 0 spiro atoms. The predicted octanol–water partition coefficient (Wildman–Crippen LogP) is 1.94. The van der Waals surface area contributed by atoms with Crippen molar-refractivity contribution in [2.24, 2.45) is 0 Å². The lowest BCUT2D eigenvalue weighted by Gasteiger charge is -2.03. The zero-order chi connectivity index (χ0) is 6.10. The summed E-state index contributed by atoms with van der Waals surface area (Å²) in [5, 5.41) is 0. The molecule has 0 amide bonds. The van der Waals surface area contributed by atoms with Crippen molar-refractivity contribution in [3.63, 3.8) is 0 Å². The minimum absolute atomic E-state index is 0. The molecule has 0 unspecified atom stereocenters. The van der Waals surface area contributed by atoms with E-state index in [0.29, 0.717) is 11.7 Å². The third-order valence-electron chi connectivity index (χ3n) is 1.02. The smallest absolute Gasteiger partial charge is 0.334 e. The summed E-state index contributed by atoms with van der Waals surface area (Å²) >= 11 is 0. The predicted molar refractivity (Wildman–Crippen MR) is 36.4 cm³/mol.